The number of thiophene rings is 1. The van der Waals surface area contributed by atoms with Crippen LogP contribution < -0.4 is 5.32 Å². The second-order valence-corrected chi connectivity index (χ2v) is 9.50. The molecule has 2 aromatic heterocycles. The summed E-state index contributed by atoms with van der Waals surface area (Å²) in [4.78, 5) is 16.2. The third-order valence-corrected chi connectivity index (χ3v) is 7.14. The first kappa shape index (κ1) is 21.6. The van der Waals surface area contributed by atoms with E-state index in [1.54, 1.807) is 4.80 Å². The molecule has 0 radical (unpaired) electrons. The highest BCUT2D eigenvalue weighted by Crippen LogP contribution is 2.40. The predicted octanol–water partition coefficient (Wildman–Crippen LogP) is 5.05. The molecule has 7 nitrogen and oxygen atoms in total. The number of benzene rings is 2. The van der Waals surface area contributed by atoms with Gasteiger partial charge < -0.3 is 4.90 Å². The lowest BCUT2D eigenvalue weighted by atomic mass is 9.72. The fourth-order valence-corrected chi connectivity index (χ4v) is 5.01. The number of likely N-dealkylation sites (tertiary alicyclic amines) is 1. The Bertz CT molecular complexity index is 1200. The average molecular weight is 479 g/mol. The van der Waals surface area contributed by atoms with Crippen molar-refractivity contribution in [2.24, 2.45) is 0 Å². The number of piperidine rings is 1. The Labute approximate surface area is 201 Å². The van der Waals surface area contributed by atoms with Crippen LogP contribution in [0.4, 0.5) is 9.80 Å². The molecule has 1 fully saturated rings. The maximum absolute atomic E-state index is 12.7. The number of rotatable bonds is 5. The van der Waals surface area contributed by atoms with Gasteiger partial charge in [0.2, 0.25) is 0 Å². The predicted molar refractivity (Wildman–Crippen MR) is 130 cm³/mol. The zero-order valence-corrected chi connectivity index (χ0v) is 19.5. The molecule has 168 valence electrons. The van der Waals surface area contributed by atoms with E-state index in [-0.39, 0.29) is 11.4 Å². The van der Waals surface area contributed by atoms with Crippen molar-refractivity contribution in [3.63, 3.8) is 0 Å². The van der Waals surface area contributed by atoms with Crippen molar-refractivity contribution in [2.75, 3.05) is 18.4 Å². The van der Waals surface area contributed by atoms with Gasteiger partial charge in [-0.3, -0.25) is 5.32 Å². The van der Waals surface area contributed by atoms with Crippen molar-refractivity contribution in [3.8, 4) is 0 Å². The monoisotopic (exact) mass is 478 g/mol. The SMILES string of the molecule is O=C(Nc1cccs1)N1CCC(c2ccccc2)(c2nnn(Cc3ccc(Cl)cc3)n2)CC1. The summed E-state index contributed by atoms with van der Waals surface area (Å²) >= 11 is 7.51. The van der Waals surface area contributed by atoms with E-state index in [1.807, 2.05) is 64.9 Å². The number of tetrazole rings is 1. The Kier molecular flexibility index (Phi) is 6.11. The Balaban J connectivity index is 1.37. The van der Waals surface area contributed by atoms with E-state index in [1.165, 1.54) is 11.3 Å². The summed E-state index contributed by atoms with van der Waals surface area (Å²) in [5.74, 6) is 0.695. The summed E-state index contributed by atoms with van der Waals surface area (Å²) in [5.41, 5.74) is 1.81. The van der Waals surface area contributed by atoms with E-state index in [0.29, 0.717) is 30.5 Å². The van der Waals surface area contributed by atoms with E-state index in [9.17, 15) is 4.79 Å². The molecule has 9 heteroatoms. The molecular weight excluding hydrogens is 456 g/mol. The normalized spacial score (nSPS) is 15.4. The maximum atomic E-state index is 12.7. The van der Waals surface area contributed by atoms with Gasteiger partial charge in [0.1, 0.15) is 0 Å². The smallest absolute Gasteiger partial charge is 0.322 e. The van der Waals surface area contributed by atoms with E-state index in [4.69, 9.17) is 16.7 Å². The molecule has 4 aromatic rings. The summed E-state index contributed by atoms with van der Waals surface area (Å²) in [6.07, 6.45) is 1.45. The van der Waals surface area contributed by atoms with Crippen molar-refractivity contribution in [3.05, 3.63) is 94.1 Å². The summed E-state index contributed by atoms with van der Waals surface area (Å²) in [5, 5.41) is 20.1. The number of carbonyl (C=O) groups is 1. The molecule has 0 unspecified atom stereocenters. The molecule has 2 amide bonds. The zero-order valence-electron chi connectivity index (χ0n) is 17.9. The number of carbonyl (C=O) groups excluding carboxylic acids is 1. The lowest BCUT2D eigenvalue weighted by Crippen LogP contribution is -2.47. The molecule has 1 N–H and O–H groups in total. The van der Waals surface area contributed by atoms with Gasteiger partial charge in [0.25, 0.3) is 0 Å². The Hall–Kier alpha value is -3.23. The summed E-state index contributed by atoms with van der Waals surface area (Å²) in [6.45, 7) is 1.74. The first-order valence-corrected chi connectivity index (χ1v) is 12.1. The largest absolute Gasteiger partial charge is 0.324 e. The Morgan fingerprint density at radius 1 is 1.03 bits per heavy atom. The quantitative estimate of drug-likeness (QED) is 0.435. The molecule has 33 heavy (non-hydrogen) atoms. The minimum atomic E-state index is -0.390. The van der Waals surface area contributed by atoms with Crippen molar-refractivity contribution >= 4 is 34.0 Å². The van der Waals surface area contributed by atoms with Gasteiger partial charge in [-0.15, -0.1) is 21.5 Å². The molecule has 0 saturated carbocycles. The standard InChI is InChI=1S/C24H23ClN6OS/c25-20-10-8-18(9-11-20)17-31-28-22(27-29-31)24(19-5-2-1-3-6-19)12-14-30(15-13-24)23(32)26-21-7-4-16-33-21/h1-11,16H,12-15,17H2,(H,26,32). The topological polar surface area (TPSA) is 75.9 Å². The Morgan fingerprint density at radius 3 is 2.48 bits per heavy atom. The van der Waals surface area contributed by atoms with E-state index >= 15 is 0 Å². The highest BCUT2D eigenvalue weighted by atomic mass is 35.5. The number of nitrogens with one attached hydrogen (secondary N) is 1. The number of aromatic nitrogens is 4. The number of anilines is 1. The van der Waals surface area contributed by atoms with Crippen molar-refractivity contribution in [2.45, 2.75) is 24.8 Å². The number of halogens is 1. The molecule has 3 heterocycles. The van der Waals surface area contributed by atoms with Gasteiger partial charge in [-0.05, 0) is 58.8 Å². The molecule has 1 saturated heterocycles. The van der Waals surface area contributed by atoms with Crippen LogP contribution in [-0.4, -0.2) is 44.2 Å². The third kappa shape index (κ3) is 4.62. The second kappa shape index (κ2) is 9.33. The number of nitrogens with zero attached hydrogens (tertiary/aromatic N) is 5. The fraction of sp³-hybridized carbons (Fsp3) is 0.250. The molecule has 1 aliphatic rings. The third-order valence-electron chi connectivity index (χ3n) is 6.10. The van der Waals surface area contributed by atoms with Gasteiger partial charge in [0, 0.05) is 18.1 Å². The van der Waals surface area contributed by atoms with Gasteiger partial charge in [0.15, 0.2) is 5.82 Å². The maximum Gasteiger partial charge on any atom is 0.322 e. The van der Waals surface area contributed by atoms with Crippen LogP contribution in [0.5, 0.6) is 0 Å². The molecule has 0 bridgehead atoms. The number of urea groups is 1. The number of hydrogen-bond donors (Lipinski definition) is 1. The summed E-state index contributed by atoms with van der Waals surface area (Å²) in [7, 11) is 0. The first-order valence-electron chi connectivity index (χ1n) is 10.8. The van der Waals surface area contributed by atoms with E-state index in [2.05, 4.69) is 27.8 Å². The van der Waals surface area contributed by atoms with Crippen LogP contribution in [0.25, 0.3) is 0 Å². The van der Waals surface area contributed by atoms with Crippen LogP contribution >= 0.6 is 22.9 Å². The van der Waals surface area contributed by atoms with Crippen LogP contribution in [0.3, 0.4) is 0 Å². The molecule has 5 rings (SSSR count). The van der Waals surface area contributed by atoms with E-state index < -0.39 is 0 Å². The highest BCUT2D eigenvalue weighted by Gasteiger charge is 2.42. The van der Waals surface area contributed by atoms with Gasteiger partial charge in [-0.25, -0.2) is 4.79 Å². The van der Waals surface area contributed by atoms with Gasteiger partial charge in [0.05, 0.1) is 17.0 Å². The van der Waals surface area contributed by atoms with Crippen LogP contribution in [0.15, 0.2) is 72.1 Å². The fourth-order valence-electron chi connectivity index (χ4n) is 4.28. The van der Waals surface area contributed by atoms with Gasteiger partial charge >= 0.3 is 6.03 Å². The lowest BCUT2D eigenvalue weighted by Gasteiger charge is -2.40. The molecule has 2 aromatic carbocycles. The van der Waals surface area contributed by atoms with Crippen molar-refractivity contribution < 1.29 is 4.79 Å². The summed E-state index contributed by atoms with van der Waals surface area (Å²) in [6, 6.07) is 21.7. The molecule has 0 atom stereocenters. The summed E-state index contributed by atoms with van der Waals surface area (Å²) < 4.78 is 0. The molecule has 1 aliphatic heterocycles. The molecule has 0 spiro atoms. The van der Waals surface area contributed by atoms with Crippen LogP contribution in [0, 0.1) is 0 Å². The van der Waals surface area contributed by atoms with Crippen LogP contribution in [0.1, 0.15) is 29.8 Å². The number of amides is 2. The average Bonchev–Trinajstić information content (AvgIpc) is 3.54. The number of hydrogen-bond acceptors (Lipinski definition) is 5. The van der Waals surface area contributed by atoms with Crippen LogP contribution in [-0.2, 0) is 12.0 Å². The minimum absolute atomic E-state index is 0.0709. The zero-order chi connectivity index (χ0) is 22.7. The first-order chi connectivity index (χ1) is 16.1. The highest BCUT2D eigenvalue weighted by molar-refractivity contribution is 7.14. The Morgan fingerprint density at radius 2 is 1.79 bits per heavy atom. The van der Waals surface area contributed by atoms with Crippen molar-refractivity contribution in [1.29, 1.82) is 0 Å². The molecule has 0 aliphatic carbocycles. The van der Waals surface area contributed by atoms with Crippen LogP contribution in [0.2, 0.25) is 5.02 Å². The minimum Gasteiger partial charge on any atom is -0.324 e. The van der Waals surface area contributed by atoms with Gasteiger partial charge in [-0.2, -0.15) is 4.80 Å². The van der Waals surface area contributed by atoms with Gasteiger partial charge in [-0.1, -0.05) is 54.1 Å². The lowest BCUT2D eigenvalue weighted by molar-refractivity contribution is 0.177. The molecular formula is C24H23ClN6OS. The second-order valence-electron chi connectivity index (χ2n) is 8.11. The van der Waals surface area contributed by atoms with E-state index in [0.717, 1.165) is 29.0 Å². The van der Waals surface area contributed by atoms with Crippen molar-refractivity contribution in [1.82, 2.24) is 25.1 Å².